The molecule has 1 aliphatic rings. The van der Waals surface area contributed by atoms with E-state index in [1.165, 1.54) is 24.3 Å². The highest BCUT2D eigenvalue weighted by Gasteiger charge is 2.41. The van der Waals surface area contributed by atoms with Gasteiger partial charge < -0.3 is 78.4 Å². The van der Waals surface area contributed by atoms with Crippen LogP contribution in [0.5, 0.6) is 5.75 Å². The second kappa shape index (κ2) is 25.9. The number of aromatic hydroxyl groups is 1. The molecule has 0 spiro atoms. The molecule has 15 N–H and O–H groups in total. The van der Waals surface area contributed by atoms with E-state index in [0.29, 0.717) is 11.1 Å². The molecule has 0 saturated carbocycles. The van der Waals surface area contributed by atoms with Crippen molar-refractivity contribution >= 4 is 76.1 Å². The largest absolute Gasteiger partial charge is 0.508 e. The standard InChI is InChI=1S/C44H56N10O16/c1-22(55)38(43(69)47-20-34(58)50-30(39(65)48-21-37(63)64)16-24-19-46-27-6-3-2-5-26(24)27)53-40(66)28(12-13-35(59)60)51-42(68)32-7-4-14-54(32)44(70)31(17-36(61)62)52-41(67)29(49-33(57)18-45)15-23-8-10-25(56)11-9-23/h2-3,5-6,8-11,19,22,28-32,38,46,55-56H,4,7,12-18,20-21,45H2,1H3,(H,47,69)(H,48,65)(H,49,57)(H,50,58)(H,51,68)(H,52,67)(H,53,66)(H,59,60)(H,61,62)(H,63,64)/t22-,28+,29+,30+,31+,32+,38+/m1/s1. The number of aliphatic carboxylic acids is 3. The van der Waals surface area contributed by atoms with Gasteiger partial charge >= 0.3 is 17.9 Å². The van der Waals surface area contributed by atoms with Crippen LogP contribution in [0.2, 0.25) is 0 Å². The van der Waals surface area contributed by atoms with Gasteiger partial charge in [0.2, 0.25) is 47.3 Å². The Hall–Kier alpha value is -8.13. The van der Waals surface area contributed by atoms with Gasteiger partial charge in [-0.3, -0.25) is 52.7 Å². The molecule has 1 aliphatic heterocycles. The average molecular weight is 981 g/mol. The Morgan fingerprint density at radius 1 is 0.714 bits per heavy atom. The number of likely N-dealkylation sites (tertiary alicyclic amines) is 1. The van der Waals surface area contributed by atoms with Crippen molar-refractivity contribution < 1.29 is 78.3 Å². The second-order valence-electron chi connectivity index (χ2n) is 16.3. The molecule has 2 heterocycles. The number of carboxylic acid groups (broad SMARTS) is 3. The second-order valence-corrected chi connectivity index (χ2v) is 16.3. The molecule has 1 saturated heterocycles. The fourth-order valence-electron chi connectivity index (χ4n) is 7.48. The molecule has 0 aliphatic carbocycles. The van der Waals surface area contributed by atoms with E-state index in [2.05, 4.69) is 42.2 Å². The summed E-state index contributed by atoms with van der Waals surface area (Å²) < 4.78 is 0. The molecule has 8 amide bonds. The molecule has 1 aromatic heterocycles. The van der Waals surface area contributed by atoms with Gasteiger partial charge in [-0.1, -0.05) is 30.3 Å². The van der Waals surface area contributed by atoms with E-state index < -0.39 is 146 Å². The maximum Gasteiger partial charge on any atom is 0.322 e. The van der Waals surface area contributed by atoms with E-state index in [9.17, 15) is 73.2 Å². The number of phenolic OH excluding ortho intramolecular Hbond substituents is 1. The Kier molecular flexibility index (Phi) is 20.1. The Labute approximate surface area is 398 Å². The molecule has 1 fully saturated rings. The van der Waals surface area contributed by atoms with Crippen molar-refractivity contribution in [1.82, 2.24) is 47.1 Å². The number of hydrogen-bond donors (Lipinski definition) is 14. The minimum absolute atomic E-state index is 0.0285. The summed E-state index contributed by atoms with van der Waals surface area (Å²) >= 11 is 0. The normalized spacial score (nSPS) is 15.7. The van der Waals surface area contributed by atoms with Gasteiger partial charge in [-0.05, 0) is 55.5 Å². The number of aromatic nitrogens is 1. The lowest BCUT2D eigenvalue weighted by molar-refractivity contribution is -0.146. The van der Waals surface area contributed by atoms with Gasteiger partial charge in [0.1, 0.15) is 48.5 Å². The number of aromatic amines is 1. The Morgan fingerprint density at radius 3 is 2.00 bits per heavy atom. The van der Waals surface area contributed by atoms with Crippen molar-refractivity contribution in [3.8, 4) is 5.75 Å². The minimum atomic E-state index is -1.82. The minimum Gasteiger partial charge on any atom is -0.508 e. The van der Waals surface area contributed by atoms with Crippen molar-refractivity contribution in [3.63, 3.8) is 0 Å². The number of fused-ring (bicyclic) bond motifs is 1. The van der Waals surface area contributed by atoms with Gasteiger partial charge in [0, 0.05) is 42.9 Å². The number of carbonyl (C=O) groups is 11. The number of nitrogens with two attached hydrogens (primary N) is 1. The maximum atomic E-state index is 14.0. The molecular formula is C44H56N10O16. The summed E-state index contributed by atoms with van der Waals surface area (Å²) in [6, 6.07) is 3.25. The van der Waals surface area contributed by atoms with Crippen LogP contribution >= 0.6 is 0 Å². The van der Waals surface area contributed by atoms with Crippen molar-refractivity contribution in [1.29, 1.82) is 0 Å². The monoisotopic (exact) mass is 980 g/mol. The number of carboxylic acids is 3. The van der Waals surface area contributed by atoms with Crippen LogP contribution in [-0.4, -0.2) is 169 Å². The van der Waals surface area contributed by atoms with E-state index in [1.807, 2.05) is 0 Å². The van der Waals surface area contributed by atoms with Crippen molar-refractivity contribution in [2.24, 2.45) is 5.73 Å². The molecule has 7 atom stereocenters. The van der Waals surface area contributed by atoms with Crippen molar-refractivity contribution in [3.05, 3.63) is 65.9 Å². The Morgan fingerprint density at radius 2 is 1.36 bits per heavy atom. The third-order valence-corrected chi connectivity index (χ3v) is 11.0. The fourth-order valence-corrected chi connectivity index (χ4v) is 7.48. The van der Waals surface area contributed by atoms with Gasteiger partial charge in [-0.25, -0.2) is 0 Å². The first-order valence-corrected chi connectivity index (χ1v) is 21.9. The molecule has 70 heavy (non-hydrogen) atoms. The summed E-state index contributed by atoms with van der Waals surface area (Å²) in [6.07, 6.45) is -2.39. The predicted octanol–water partition coefficient (Wildman–Crippen LogP) is -3.93. The molecule has 26 heteroatoms. The summed E-state index contributed by atoms with van der Waals surface area (Å²) in [5.74, 6) is -12.2. The van der Waals surface area contributed by atoms with Crippen LogP contribution in [0.25, 0.3) is 10.9 Å². The molecule has 4 rings (SSSR count). The first-order chi connectivity index (χ1) is 33.2. The molecule has 0 unspecified atom stereocenters. The number of phenols is 1. The van der Waals surface area contributed by atoms with Gasteiger partial charge in [-0.2, -0.15) is 0 Å². The first-order valence-electron chi connectivity index (χ1n) is 21.9. The molecular weight excluding hydrogens is 925 g/mol. The number of H-pyrrole nitrogens is 1. The van der Waals surface area contributed by atoms with Crippen LogP contribution in [0, 0.1) is 0 Å². The highest BCUT2D eigenvalue weighted by molar-refractivity contribution is 5.99. The lowest BCUT2D eigenvalue weighted by Crippen LogP contribution is -2.60. The van der Waals surface area contributed by atoms with Crippen LogP contribution in [-0.2, 0) is 65.6 Å². The summed E-state index contributed by atoms with van der Waals surface area (Å²) in [7, 11) is 0. The van der Waals surface area contributed by atoms with Crippen LogP contribution in [0.4, 0.5) is 0 Å². The first kappa shape index (κ1) is 54.5. The van der Waals surface area contributed by atoms with Crippen molar-refractivity contribution in [2.45, 2.75) is 94.2 Å². The van der Waals surface area contributed by atoms with E-state index in [0.717, 1.165) is 22.7 Å². The fraction of sp³-hybridized carbons (Fsp3) is 0.432. The number of carbonyl (C=O) groups excluding carboxylic acids is 8. The maximum absolute atomic E-state index is 14.0. The lowest BCUT2D eigenvalue weighted by atomic mass is 10.0. The third-order valence-electron chi connectivity index (χ3n) is 11.0. The highest BCUT2D eigenvalue weighted by Crippen LogP contribution is 2.22. The average Bonchev–Trinajstić information content (AvgIpc) is 3.98. The van der Waals surface area contributed by atoms with Crippen molar-refractivity contribution in [2.75, 3.05) is 26.2 Å². The zero-order chi connectivity index (χ0) is 51.7. The summed E-state index contributed by atoms with van der Waals surface area (Å²) in [5, 5.41) is 65.3. The van der Waals surface area contributed by atoms with E-state index in [4.69, 9.17) is 10.8 Å². The number of hydrogen-bond acceptors (Lipinski definition) is 14. The van der Waals surface area contributed by atoms with E-state index >= 15 is 0 Å². The van der Waals surface area contributed by atoms with Crippen LogP contribution in [0.15, 0.2) is 54.7 Å². The van der Waals surface area contributed by atoms with Gasteiger partial charge in [0.15, 0.2) is 0 Å². The number of nitrogens with zero attached hydrogens (tertiary/aromatic N) is 1. The quantitative estimate of drug-likeness (QED) is 0.0365. The summed E-state index contributed by atoms with van der Waals surface area (Å²) in [4.78, 5) is 145. The lowest BCUT2D eigenvalue weighted by Gasteiger charge is -2.30. The molecule has 0 radical (unpaired) electrons. The molecule has 0 bridgehead atoms. The SMILES string of the molecule is C[C@@H](O)[C@H](NC(=O)[C@H](CCC(=O)O)NC(=O)[C@@H]1CCCN1C(=O)[C@H](CC(=O)O)NC(=O)[C@H](Cc1ccc(O)cc1)NC(=O)CN)C(=O)NCC(=O)N[C@@H](Cc1c[nH]c2ccccc12)C(=O)NCC(=O)O. The van der Waals surface area contributed by atoms with Crippen LogP contribution < -0.4 is 43.0 Å². The molecule has 3 aromatic rings. The topological polar surface area (TPSA) is 418 Å². The molecule has 26 nitrogen and oxygen atoms in total. The predicted molar refractivity (Wildman–Crippen MR) is 242 cm³/mol. The number of amides is 8. The smallest absolute Gasteiger partial charge is 0.322 e. The van der Waals surface area contributed by atoms with Crippen LogP contribution in [0.3, 0.4) is 0 Å². The highest BCUT2D eigenvalue weighted by atomic mass is 16.4. The number of rotatable bonds is 26. The Bertz CT molecular complexity index is 2430. The molecule has 2 aromatic carbocycles. The van der Waals surface area contributed by atoms with Crippen LogP contribution in [0.1, 0.15) is 50.2 Å². The van der Waals surface area contributed by atoms with Gasteiger partial charge in [-0.15, -0.1) is 0 Å². The third kappa shape index (κ3) is 16.3. The number of benzene rings is 2. The number of aliphatic hydroxyl groups is 1. The van der Waals surface area contributed by atoms with E-state index in [1.54, 1.807) is 30.5 Å². The van der Waals surface area contributed by atoms with E-state index in [-0.39, 0.29) is 38.0 Å². The van der Waals surface area contributed by atoms with Gasteiger partial charge in [0.05, 0.1) is 25.6 Å². The zero-order valence-electron chi connectivity index (χ0n) is 37.8. The number of aliphatic hydroxyl groups excluding tert-OH is 1. The Balaban J connectivity index is 1.44. The zero-order valence-corrected chi connectivity index (χ0v) is 37.8. The number of nitrogens with one attached hydrogen (secondary N) is 8. The summed E-state index contributed by atoms with van der Waals surface area (Å²) in [5.41, 5.74) is 7.21. The van der Waals surface area contributed by atoms with Gasteiger partial charge in [0.25, 0.3) is 0 Å². The number of para-hydroxylation sites is 1. The summed E-state index contributed by atoms with van der Waals surface area (Å²) in [6.45, 7) is -1.10. The molecule has 378 valence electrons.